The van der Waals surface area contributed by atoms with E-state index in [1.807, 2.05) is 13.0 Å². The molecule has 0 aliphatic rings. The number of hydrogen-bond acceptors (Lipinski definition) is 6. The summed E-state index contributed by atoms with van der Waals surface area (Å²) in [6.07, 6.45) is 3.43. The molecule has 2 heterocycles. The molecule has 0 bridgehead atoms. The highest BCUT2D eigenvalue weighted by Gasteiger charge is 2.23. The maximum atomic E-state index is 12.0. The van der Waals surface area contributed by atoms with Gasteiger partial charge in [-0.25, -0.2) is 9.78 Å². The van der Waals surface area contributed by atoms with Crippen molar-refractivity contribution in [3.05, 3.63) is 47.9 Å². The number of aryl methyl sites for hydroxylation is 1. The monoisotopic (exact) mass is 395 g/mol. The van der Waals surface area contributed by atoms with E-state index < -0.39 is 11.4 Å². The Bertz CT molecular complexity index is 961. The first-order valence-corrected chi connectivity index (χ1v) is 9.01. The highest BCUT2D eigenvalue weighted by atomic mass is 16.5. The molecule has 0 saturated carbocycles. The highest BCUT2D eigenvalue weighted by Crippen LogP contribution is 2.27. The van der Waals surface area contributed by atoms with Crippen LogP contribution >= 0.6 is 0 Å². The average molecular weight is 395 g/mol. The molecular weight excluding hydrogens is 370 g/mol. The Morgan fingerprint density at radius 3 is 2.55 bits per heavy atom. The highest BCUT2D eigenvalue weighted by molar-refractivity contribution is 6.02. The number of hydrogen-bond donors (Lipinski definition) is 2. The topological polar surface area (TPSA) is 106 Å². The lowest BCUT2D eigenvalue weighted by Gasteiger charge is -2.17. The van der Waals surface area contributed by atoms with Gasteiger partial charge in [0, 0.05) is 17.7 Å². The van der Waals surface area contributed by atoms with Gasteiger partial charge in [0.15, 0.2) is 0 Å². The van der Waals surface area contributed by atoms with Gasteiger partial charge >= 0.3 is 6.03 Å². The summed E-state index contributed by atoms with van der Waals surface area (Å²) >= 11 is 0. The van der Waals surface area contributed by atoms with Crippen LogP contribution in [0.4, 0.5) is 10.6 Å². The predicted molar refractivity (Wildman–Crippen MR) is 113 cm³/mol. The van der Waals surface area contributed by atoms with Crippen LogP contribution in [0.1, 0.15) is 39.1 Å². The predicted octanol–water partition coefficient (Wildman–Crippen LogP) is 4.33. The summed E-state index contributed by atoms with van der Waals surface area (Å²) in [4.78, 5) is 36.3. The number of ether oxygens (including phenoxy) is 1. The standard InChI is InChI=1S/C21H25N5O3/c1-7-15(22-6)16-12-14(10-11-23-16)29-17-8-9-18(24-13(17)2)25-20(28)26-19(27)21(3,4)5/h7-12H,6H2,1-5H3,(H2,24,25,26,27,28)/b15-7-. The van der Waals surface area contributed by atoms with Gasteiger partial charge in [-0.1, -0.05) is 26.8 Å². The van der Waals surface area contributed by atoms with Crippen LogP contribution in [0.3, 0.4) is 0 Å². The molecule has 0 aromatic carbocycles. The van der Waals surface area contributed by atoms with Crippen molar-refractivity contribution in [2.45, 2.75) is 34.6 Å². The molecule has 152 valence electrons. The minimum Gasteiger partial charge on any atom is -0.455 e. The maximum Gasteiger partial charge on any atom is 0.327 e. The summed E-state index contributed by atoms with van der Waals surface area (Å²) in [6, 6.07) is 6.11. The number of amides is 3. The Kier molecular flexibility index (Phi) is 6.82. The van der Waals surface area contributed by atoms with Crippen molar-refractivity contribution >= 4 is 30.2 Å². The number of pyridine rings is 2. The molecule has 2 rings (SSSR count). The third-order valence-corrected chi connectivity index (χ3v) is 3.85. The van der Waals surface area contributed by atoms with Gasteiger partial charge in [0.25, 0.3) is 0 Å². The second-order valence-electron chi connectivity index (χ2n) is 7.25. The van der Waals surface area contributed by atoms with Gasteiger partial charge in [-0.05, 0) is 38.8 Å². The number of anilines is 1. The number of aromatic nitrogens is 2. The van der Waals surface area contributed by atoms with Gasteiger partial charge in [0.2, 0.25) is 5.91 Å². The summed E-state index contributed by atoms with van der Waals surface area (Å²) < 4.78 is 5.88. The zero-order valence-electron chi connectivity index (χ0n) is 17.2. The molecule has 0 atom stereocenters. The quantitative estimate of drug-likeness (QED) is 0.733. The van der Waals surface area contributed by atoms with Crippen molar-refractivity contribution in [2.24, 2.45) is 10.4 Å². The first kappa shape index (κ1) is 21.7. The molecule has 2 N–H and O–H groups in total. The lowest BCUT2D eigenvalue weighted by Crippen LogP contribution is -2.41. The molecular formula is C21H25N5O3. The Balaban J connectivity index is 2.10. The van der Waals surface area contributed by atoms with Crippen LogP contribution < -0.4 is 15.4 Å². The molecule has 2 aromatic heterocycles. The second kappa shape index (κ2) is 9.09. The van der Waals surface area contributed by atoms with E-state index in [0.717, 1.165) is 0 Å². The van der Waals surface area contributed by atoms with Crippen LogP contribution in [0.25, 0.3) is 5.70 Å². The van der Waals surface area contributed by atoms with Crippen LogP contribution in [0, 0.1) is 12.3 Å². The fraction of sp³-hybridized carbons (Fsp3) is 0.286. The summed E-state index contributed by atoms with van der Waals surface area (Å²) in [5, 5.41) is 4.83. The normalized spacial score (nSPS) is 11.6. The van der Waals surface area contributed by atoms with E-state index in [1.54, 1.807) is 58.2 Å². The molecule has 29 heavy (non-hydrogen) atoms. The van der Waals surface area contributed by atoms with Crippen molar-refractivity contribution < 1.29 is 14.3 Å². The third-order valence-electron chi connectivity index (χ3n) is 3.85. The molecule has 0 aliphatic heterocycles. The van der Waals surface area contributed by atoms with E-state index in [1.165, 1.54) is 0 Å². The SMILES string of the molecule is C=N/C(=C\C)c1cc(Oc2ccc(NC(=O)NC(=O)C(C)(C)C)nc2C)ccn1. The Labute approximate surface area is 170 Å². The lowest BCUT2D eigenvalue weighted by molar-refractivity contribution is -0.127. The molecule has 3 amide bonds. The minimum absolute atomic E-state index is 0.302. The molecule has 0 radical (unpaired) electrons. The van der Waals surface area contributed by atoms with Crippen molar-refractivity contribution in [1.29, 1.82) is 0 Å². The van der Waals surface area contributed by atoms with Crippen LogP contribution in [-0.4, -0.2) is 28.6 Å². The summed E-state index contributed by atoms with van der Waals surface area (Å²) in [5.74, 6) is 1.01. The lowest BCUT2D eigenvalue weighted by atomic mass is 9.96. The fourth-order valence-electron chi connectivity index (χ4n) is 2.23. The fourth-order valence-corrected chi connectivity index (χ4v) is 2.23. The van der Waals surface area contributed by atoms with Crippen molar-refractivity contribution in [3.63, 3.8) is 0 Å². The Hall–Kier alpha value is -3.55. The van der Waals surface area contributed by atoms with E-state index in [2.05, 4.69) is 32.3 Å². The molecule has 0 fully saturated rings. The third kappa shape index (κ3) is 5.97. The molecule has 8 heteroatoms. The Morgan fingerprint density at radius 2 is 1.97 bits per heavy atom. The number of aliphatic imine (C=N–C) groups is 1. The summed E-state index contributed by atoms with van der Waals surface area (Å²) in [6.45, 7) is 12.3. The zero-order valence-corrected chi connectivity index (χ0v) is 17.2. The number of rotatable bonds is 5. The first-order valence-electron chi connectivity index (χ1n) is 9.01. The van der Waals surface area contributed by atoms with Gasteiger partial charge < -0.3 is 4.74 Å². The number of urea groups is 1. The maximum absolute atomic E-state index is 12.0. The van der Waals surface area contributed by atoms with Gasteiger partial charge in [0.1, 0.15) is 17.3 Å². The van der Waals surface area contributed by atoms with E-state index >= 15 is 0 Å². The second-order valence-corrected chi connectivity index (χ2v) is 7.25. The number of nitrogens with one attached hydrogen (secondary N) is 2. The van der Waals surface area contributed by atoms with Gasteiger partial charge in [-0.3, -0.25) is 25.4 Å². The van der Waals surface area contributed by atoms with Gasteiger partial charge in [-0.15, -0.1) is 0 Å². The number of carbonyl (C=O) groups is 2. The summed E-state index contributed by atoms with van der Waals surface area (Å²) in [7, 11) is 0. The van der Waals surface area contributed by atoms with Gasteiger partial charge in [0.05, 0.1) is 17.1 Å². The molecule has 2 aromatic rings. The average Bonchev–Trinajstić information content (AvgIpc) is 2.64. The molecule has 0 unspecified atom stereocenters. The zero-order chi connectivity index (χ0) is 21.6. The molecule has 0 spiro atoms. The van der Waals surface area contributed by atoms with Crippen LogP contribution in [0.15, 0.2) is 41.5 Å². The Morgan fingerprint density at radius 1 is 1.24 bits per heavy atom. The summed E-state index contributed by atoms with van der Waals surface area (Å²) in [5.41, 5.74) is 1.19. The molecule has 0 aliphatic carbocycles. The van der Waals surface area contributed by atoms with E-state index in [9.17, 15) is 9.59 Å². The van der Waals surface area contributed by atoms with Gasteiger partial charge in [-0.2, -0.15) is 0 Å². The molecule has 0 saturated heterocycles. The number of allylic oxidation sites excluding steroid dienone is 1. The number of imide groups is 1. The first-order chi connectivity index (χ1) is 13.6. The van der Waals surface area contributed by atoms with Crippen LogP contribution in [-0.2, 0) is 4.79 Å². The van der Waals surface area contributed by atoms with Crippen molar-refractivity contribution in [3.8, 4) is 11.5 Å². The van der Waals surface area contributed by atoms with Crippen LogP contribution in [0.5, 0.6) is 11.5 Å². The minimum atomic E-state index is -0.671. The number of nitrogens with zero attached hydrogens (tertiary/aromatic N) is 3. The molecule has 8 nitrogen and oxygen atoms in total. The van der Waals surface area contributed by atoms with E-state index in [0.29, 0.717) is 34.4 Å². The van der Waals surface area contributed by atoms with Crippen molar-refractivity contribution in [1.82, 2.24) is 15.3 Å². The smallest absolute Gasteiger partial charge is 0.327 e. The van der Waals surface area contributed by atoms with Crippen LogP contribution in [0.2, 0.25) is 0 Å². The largest absolute Gasteiger partial charge is 0.455 e. The number of carbonyl (C=O) groups excluding carboxylic acids is 2. The van der Waals surface area contributed by atoms with E-state index in [4.69, 9.17) is 4.74 Å². The van der Waals surface area contributed by atoms with E-state index in [-0.39, 0.29) is 5.91 Å². The van der Waals surface area contributed by atoms with Crippen molar-refractivity contribution in [2.75, 3.05) is 5.32 Å².